The second kappa shape index (κ2) is 6.58. The fourth-order valence-corrected chi connectivity index (χ4v) is 8.22. The first-order valence-electron chi connectivity index (χ1n) is 11.2. The highest BCUT2D eigenvalue weighted by atomic mass is 16.6. The molecule has 1 N–H and O–H groups in total. The van der Waals surface area contributed by atoms with Gasteiger partial charge in [0.25, 0.3) is 0 Å². The maximum absolute atomic E-state index is 11.2. The minimum Gasteiger partial charge on any atom is -0.365 e. The molecular weight excluding hydrogens is 324 g/mol. The maximum Gasteiger partial charge on any atom is 0.165 e. The molecule has 0 aromatic heterocycles. The van der Waals surface area contributed by atoms with Crippen molar-refractivity contribution in [2.75, 3.05) is 6.61 Å². The SMILES string of the molecule is CCOC1(O)CCC2(C)C(CCC3C4CCC(CC=O)C4(C)CCC32)C1. The molecule has 0 radical (unpaired) electrons. The van der Waals surface area contributed by atoms with E-state index in [0.29, 0.717) is 29.3 Å². The quantitative estimate of drug-likeness (QED) is 0.568. The van der Waals surface area contributed by atoms with Gasteiger partial charge in [-0.25, -0.2) is 0 Å². The predicted molar refractivity (Wildman–Crippen MR) is 102 cm³/mol. The number of hydrogen-bond acceptors (Lipinski definition) is 3. The Kier molecular flexibility index (Phi) is 4.79. The average Bonchev–Trinajstić information content (AvgIpc) is 2.93. The van der Waals surface area contributed by atoms with E-state index in [9.17, 15) is 9.90 Å². The Morgan fingerprint density at radius 3 is 2.50 bits per heavy atom. The van der Waals surface area contributed by atoms with Gasteiger partial charge in [0.15, 0.2) is 5.79 Å². The highest BCUT2D eigenvalue weighted by molar-refractivity contribution is 5.50. The number of aldehydes is 1. The lowest BCUT2D eigenvalue weighted by Gasteiger charge is -2.62. The van der Waals surface area contributed by atoms with Gasteiger partial charge >= 0.3 is 0 Å². The van der Waals surface area contributed by atoms with Crippen LogP contribution in [-0.4, -0.2) is 23.8 Å². The van der Waals surface area contributed by atoms with Crippen LogP contribution in [0.25, 0.3) is 0 Å². The second-order valence-corrected chi connectivity index (χ2v) is 10.5. The van der Waals surface area contributed by atoms with Crippen LogP contribution in [0.1, 0.15) is 85.0 Å². The summed E-state index contributed by atoms with van der Waals surface area (Å²) in [6.07, 6.45) is 12.5. The average molecular weight is 363 g/mol. The normalized spacial score (nSPS) is 53.5. The highest BCUT2D eigenvalue weighted by Gasteiger charge is 2.61. The lowest BCUT2D eigenvalue weighted by atomic mass is 9.44. The fourth-order valence-electron chi connectivity index (χ4n) is 8.22. The molecule has 4 aliphatic carbocycles. The van der Waals surface area contributed by atoms with E-state index in [1.54, 1.807) is 0 Å². The minimum atomic E-state index is -0.878. The summed E-state index contributed by atoms with van der Waals surface area (Å²) in [5.74, 6) is 2.80. The van der Waals surface area contributed by atoms with Crippen LogP contribution in [0.2, 0.25) is 0 Å². The third-order valence-corrected chi connectivity index (χ3v) is 9.68. The minimum absolute atomic E-state index is 0.371. The Morgan fingerprint density at radius 1 is 1.00 bits per heavy atom. The summed E-state index contributed by atoms with van der Waals surface area (Å²) in [7, 11) is 0. The number of ether oxygens (including phenoxy) is 1. The number of fused-ring (bicyclic) bond motifs is 5. The zero-order valence-electron chi connectivity index (χ0n) is 17.0. The molecule has 3 nitrogen and oxygen atoms in total. The van der Waals surface area contributed by atoms with Crippen LogP contribution in [0.5, 0.6) is 0 Å². The zero-order valence-corrected chi connectivity index (χ0v) is 17.0. The number of aliphatic hydroxyl groups is 1. The van der Waals surface area contributed by atoms with Crippen molar-refractivity contribution >= 4 is 6.29 Å². The van der Waals surface area contributed by atoms with Crippen molar-refractivity contribution in [3.8, 4) is 0 Å². The predicted octanol–water partition coefficient (Wildman–Crippen LogP) is 4.96. The van der Waals surface area contributed by atoms with Crippen molar-refractivity contribution in [2.24, 2.45) is 40.4 Å². The molecule has 0 bridgehead atoms. The van der Waals surface area contributed by atoms with Gasteiger partial charge in [-0.05, 0) is 92.3 Å². The van der Waals surface area contributed by atoms with Crippen LogP contribution < -0.4 is 0 Å². The van der Waals surface area contributed by atoms with Gasteiger partial charge in [0.2, 0.25) is 0 Å². The summed E-state index contributed by atoms with van der Waals surface area (Å²) >= 11 is 0. The van der Waals surface area contributed by atoms with E-state index in [1.807, 2.05) is 6.92 Å². The Labute approximate surface area is 159 Å². The van der Waals surface area contributed by atoms with Crippen molar-refractivity contribution in [1.29, 1.82) is 0 Å². The van der Waals surface area contributed by atoms with Crippen molar-refractivity contribution in [1.82, 2.24) is 0 Å². The maximum atomic E-state index is 11.2. The third-order valence-electron chi connectivity index (χ3n) is 9.68. The molecule has 0 saturated heterocycles. The second-order valence-electron chi connectivity index (χ2n) is 10.5. The van der Waals surface area contributed by atoms with Gasteiger partial charge in [0, 0.05) is 25.9 Å². The third kappa shape index (κ3) is 2.71. The van der Waals surface area contributed by atoms with Crippen molar-refractivity contribution in [3.05, 3.63) is 0 Å². The first-order chi connectivity index (χ1) is 12.4. The van der Waals surface area contributed by atoms with Gasteiger partial charge in [0.1, 0.15) is 6.29 Å². The lowest BCUT2D eigenvalue weighted by molar-refractivity contribution is -0.257. The number of rotatable bonds is 4. The van der Waals surface area contributed by atoms with Crippen LogP contribution in [-0.2, 0) is 9.53 Å². The van der Waals surface area contributed by atoms with Crippen molar-refractivity contribution in [3.63, 3.8) is 0 Å². The van der Waals surface area contributed by atoms with Gasteiger partial charge < -0.3 is 14.6 Å². The summed E-state index contributed by atoms with van der Waals surface area (Å²) < 4.78 is 5.75. The monoisotopic (exact) mass is 362 g/mol. The molecule has 0 amide bonds. The van der Waals surface area contributed by atoms with Crippen molar-refractivity contribution in [2.45, 2.75) is 90.8 Å². The Hall–Kier alpha value is -0.410. The summed E-state index contributed by atoms with van der Waals surface area (Å²) in [5.41, 5.74) is 0.766. The molecule has 8 unspecified atom stereocenters. The fraction of sp³-hybridized carbons (Fsp3) is 0.957. The molecule has 0 spiro atoms. The van der Waals surface area contributed by atoms with Crippen LogP contribution in [0.4, 0.5) is 0 Å². The number of carbonyl (C=O) groups is 1. The first kappa shape index (κ1) is 18.9. The van der Waals surface area contributed by atoms with Gasteiger partial charge in [-0.3, -0.25) is 0 Å². The molecule has 26 heavy (non-hydrogen) atoms. The largest absolute Gasteiger partial charge is 0.365 e. The van der Waals surface area contributed by atoms with Crippen LogP contribution >= 0.6 is 0 Å². The highest BCUT2D eigenvalue weighted by Crippen LogP contribution is 2.68. The summed E-state index contributed by atoms with van der Waals surface area (Å²) in [6.45, 7) is 7.61. The van der Waals surface area contributed by atoms with E-state index in [1.165, 1.54) is 38.5 Å². The standard InChI is InChI=1S/C23H38O3/c1-4-26-23(25)13-12-22(3)17(15-23)5-7-18-19-8-6-16(10-14-24)21(19,2)11-9-20(18)22/h14,16-20,25H,4-13,15H2,1-3H3. The van der Waals surface area contributed by atoms with Crippen LogP contribution in [0, 0.1) is 40.4 Å². The summed E-state index contributed by atoms with van der Waals surface area (Å²) in [6, 6.07) is 0. The van der Waals surface area contributed by atoms with Gasteiger partial charge in [-0.15, -0.1) is 0 Å². The molecule has 4 saturated carbocycles. The molecule has 0 aromatic rings. The topological polar surface area (TPSA) is 46.5 Å². The van der Waals surface area contributed by atoms with E-state index in [2.05, 4.69) is 13.8 Å². The Balaban J connectivity index is 1.54. The molecule has 0 aromatic carbocycles. The van der Waals surface area contributed by atoms with Crippen LogP contribution in [0.3, 0.4) is 0 Å². The molecule has 148 valence electrons. The van der Waals surface area contributed by atoms with Gasteiger partial charge in [-0.1, -0.05) is 13.8 Å². The van der Waals surface area contributed by atoms with Crippen molar-refractivity contribution < 1.29 is 14.6 Å². The van der Waals surface area contributed by atoms with E-state index in [0.717, 1.165) is 49.7 Å². The lowest BCUT2D eigenvalue weighted by Crippen LogP contribution is -2.56. The smallest absolute Gasteiger partial charge is 0.165 e. The van der Waals surface area contributed by atoms with E-state index in [-0.39, 0.29) is 0 Å². The van der Waals surface area contributed by atoms with E-state index in [4.69, 9.17) is 4.74 Å². The van der Waals surface area contributed by atoms with E-state index >= 15 is 0 Å². The number of hydrogen-bond donors (Lipinski definition) is 1. The molecular formula is C23H38O3. The Morgan fingerprint density at radius 2 is 1.77 bits per heavy atom. The summed E-state index contributed by atoms with van der Waals surface area (Å²) in [4.78, 5) is 11.2. The molecule has 8 atom stereocenters. The Bertz CT molecular complexity index is 548. The van der Waals surface area contributed by atoms with E-state index < -0.39 is 5.79 Å². The van der Waals surface area contributed by atoms with Crippen LogP contribution in [0.15, 0.2) is 0 Å². The first-order valence-corrected chi connectivity index (χ1v) is 11.2. The molecule has 0 heterocycles. The molecule has 4 aliphatic rings. The molecule has 4 rings (SSSR count). The molecule has 4 fully saturated rings. The summed E-state index contributed by atoms with van der Waals surface area (Å²) in [5, 5.41) is 10.9. The zero-order chi connectivity index (χ0) is 18.6. The number of carbonyl (C=O) groups excluding carboxylic acids is 1. The molecule has 3 heteroatoms. The van der Waals surface area contributed by atoms with Gasteiger partial charge in [-0.2, -0.15) is 0 Å². The van der Waals surface area contributed by atoms with Gasteiger partial charge in [0.05, 0.1) is 0 Å². The molecule has 0 aliphatic heterocycles.